The van der Waals surface area contributed by atoms with Crippen molar-refractivity contribution in [3.05, 3.63) is 29.8 Å². The van der Waals surface area contributed by atoms with Crippen LogP contribution in [0.1, 0.15) is 32.8 Å². The standard InChI is InChI=1S/C13H20ClN/c1-4-9-15(11(2)3)13-7-5-12(10-14)6-8-13/h5-8,11H,4,9-10H2,1-3H3. The molecule has 0 heterocycles. The Kier molecular flexibility index (Phi) is 4.97. The van der Waals surface area contributed by atoms with Crippen molar-refractivity contribution in [1.82, 2.24) is 0 Å². The van der Waals surface area contributed by atoms with E-state index in [-0.39, 0.29) is 0 Å². The summed E-state index contributed by atoms with van der Waals surface area (Å²) in [6, 6.07) is 9.08. The van der Waals surface area contributed by atoms with E-state index >= 15 is 0 Å². The zero-order valence-corrected chi connectivity index (χ0v) is 10.6. The molecule has 2 heteroatoms. The molecule has 84 valence electrons. The van der Waals surface area contributed by atoms with E-state index in [4.69, 9.17) is 11.6 Å². The summed E-state index contributed by atoms with van der Waals surface area (Å²) in [5.41, 5.74) is 2.47. The number of alkyl halides is 1. The van der Waals surface area contributed by atoms with Gasteiger partial charge in [0.2, 0.25) is 0 Å². The number of halogens is 1. The second kappa shape index (κ2) is 6.02. The first-order chi connectivity index (χ1) is 7.19. The second-order valence-corrected chi connectivity index (χ2v) is 4.35. The lowest BCUT2D eigenvalue weighted by atomic mass is 10.2. The minimum atomic E-state index is 0.548. The van der Waals surface area contributed by atoms with Gasteiger partial charge in [0.25, 0.3) is 0 Å². The largest absolute Gasteiger partial charge is 0.369 e. The maximum atomic E-state index is 5.77. The normalized spacial score (nSPS) is 10.7. The van der Waals surface area contributed by atoms with Crippen LogP contribution in [0, 0.1) is 0 Å². The maximum absolute atomic E-state index is 5.77. The lowest BCUT2D eigenvalue weighted by Crippen LogP contribution is -2.31. The van der Waals surface area contributed by atoms with Gasteiger partial charge in [-0.25, -0.2) is 0 Å². The number of rotatable bonds is 5. The highest BCUT2D eigenvalue weighted by Crippen LogP contribution is 2.18. The Morgan fingerprint density at radius 1 is 1.20 bits per heavy atom. The SMILES string of the molecule is CCCN(c1ccc(CCl)cc1)C(C)C. The smallest absolute Gasteiger partial charge is 0.0474 e. The highest BCUT2D eigenvalue weighted by molar-refractivity contribution is 6.17. The first kappa shape index (κ1) is 12.4. The average Bonchev–Trinajstić information content (AvgIpc) is 2.26. The van der Waals surface area contributed by atoms with Crippen molar-refractivity contribution in [2.45, 2.75) is 39.1 Å². The molecule has 0 aliphatic heterocycles. The molecule has 0 atom stereocenters. The van der Waals surface area contributed by atoms with Gasteiger partial charge in [-0.05, 0) is 38.0 Å². The van der Waals surface area contributed by atoms with Crippen LogP contribution in [0.25, 0.3) is 0 Å². The van der Waals surface area contributed by atoms with E-state index in [1.807, 2.05) is 0 Å². The third-order valence-electron chi connectivity index (χ3n) is 2.51. The Balaban J connectivity index is 2.81. The summed E-state index contributed by atoms with van der Waals surface area (Å²) >= 11 is 5.77. The van der Waals surface area contributed by atoms with E-state index in [1.165, 1.54) is 17.7 Å². The van der Waals surface area contributed by atoms with Crippen LogP contribution >= 0.6 is 11.6 Å². The van der Waals surface area contributed by atoms with Gasteiger partial charge in [0.1, 0.15) is 0 Å². The topological polar surface area (TPSA) is 3.24 Å². The fourth-order valence-electron chi connectivity index (χ4n) is 1.70. The Bertz CT molecular complexity index is 279. The number of hydrogen-bond acceptors (Lipinski definition) is 1. The lowest BCUT2D eigenvalue weighted by Gasteiger charge is -2.28. The maximum Gasteiger partial charge on any atom is 0.0474 e. The highest BCUT2D eigenvalue weighted by Gasteiger charge is 2.08. The van der Waals surface area contributed by atoms with Gasteiger partial charge in [0, 0.05) is 24.2 Å². The molecule has 0 radical (unpaired) electrons. The monoisotopic (exact) mass is 225 g/mol. The summed E-state index contributed by atoms with van der Waals surface area (Å²) in [7, 11) is 0. The molecule has 0 aromatic heterocycles. The van der Waals surface area contributed by atoms with Crippen molar-refractivity contribution in [2.75, 3.05) is 11.4 Å². The van der Waals surface area contributed by atoms with Gasteiger partial charge in [0.15, 0.2) is 0 Å². The van der Waals surface area contributed by atoms with Crippen molar-refractivity contribution in [1.29, 1.82) is 0 Å². The van der Waals surface area contributed by atoms with Crippen molar-refractivity contribution < 1.29 is 0 Å². The van der Waals surface area contributed by atoms with Crippen LogP contribution in [0.3, 0.4) is 0 Å². The van der Waals surface area contributed by atoms with Gasteiger partial charge < -0.3 is 4.90 Å². The summed E-state index contributed by atoms with van der Waals surface area (Å²) < 4.78 is 0. The molecular formula is C13H20ClN. The predicted octanol–water partition coefficient (Wildman–Crippen LogP) is 4.05. The van der Waals surface area contributed by atoms with Crippen LogP contribution in [0.5, 0.6) is 0 Å². The van der Waals surface area contributed by atoms with Crippen LogP contribution in [0.15, 0.2) is 24.3 Å². The molecule has 0 fully saturated rings. The van der Waals surface area contributed by atoms with E-state index in [2.05, 4.69) is 49.9 Å². The van der Waals surface area contributed by atoms with E-state index in [0.29, 0.717) is 11.9 Å². The molecule has 0 saturated carbocycles. The summed E-state index contributed by atoms with van der Waals surface area (Å²) in [6.07, 6.45) is 1.18. The molecule has 0 bridgehead atoms. The lowest BCUT2D eigenvalue weighted by molar-refractivity contribution is 0.671. The van der Waals surface area contributed by atoms with Crippen LogP contribution in [0.4, 0.5) is 5.69 Å². The van der Waals surface area contributed by atoms with Crippen molar-refractivity contribution in [2.24, 2.45) is 0 Å². The molecule has 1 nitrogen and oxygen atoms in total. The molecule has 0 amide bonds. The van der Waals surface area contributed by atoms with E-state index in [9.17, 15) is 0 Å². The summed E-state index contributed by atoms with van der Waals surface area (Å²) in [4.78, 5) is 2.41. The van der Waals surface area contributed by atoms with Crippen molar-refractivity contribution in [3.8, 4) is 0 Å². The molecule has 1 aromatic rings. The molecule has 0 spiro atoms. The number of nitrogens with zero attached hydrogens (tertiary/aromatic N) is 1. The first-order valence-electron chi connectivity index (χ1n) is 5.60. The Hall–Kier alpha value is -0.690. The van der Waals surface area contributed by atoms with Crippen LogP contribution in [-0.2, 0) is 5.88 Å². The minimum absolute atomic E-state index is 0.548. The average molecular weight is 226 g/mol. The van der Waals surface area contributed by atoms with Crippen molar-refractivity contribution in [3.63, 3.8) is 0 Å². The van der Waals surface area contributed by atoms with E-state index in [0.717, 1.165) is 6.54 Å². The molecule has 1 aromatic carbocycles. The van der Waals surface area contributed by atoms with Gasteiger partial charge in [-0.1, -0.05) is 19.1 Å². The third kappa shape index (κ3) is 3.42. The predicted molar refractivity (Wildman–Crippen MR) is 68.8 cm³/mol. The molecule has 0 aliphatic rings. The van der Waals surface area contributed by atoms with Crippen LogP contribution < -0.4 is 4.90 Å². The van der Waals surface area contributed by atoms with Crippen molar-refractivity contribution >= 4 is 17.3 Å². The summed E-state index contributed by atoms with van der Waals surface area (Å²) in [5.74, 6) is 0.593. The molecule has 0 aliphatic carbocycles. The molecule has 1 rings (SSSR count). The van der Waals surface area contributed by atoms with Gasteiger partial charge in [-0.15, -0.1) is 11.6 Å². The molecular weight excluding hydrogens is 206 g/mol. The quantitative estimate of drug-likeness (QED) is 0.684. The minimum Gasteiger partial charge on any atom is -0.369 e. The fourth-order valence-corrected chi connectivity index (χ4v) is 1.88. The summed E-state index contributed by atoms with van der Waals surface area (Å²) in [5, 5.41) is 0. The zero-order valence-electron chi connectivity index (χ0n) is 9.83. The number of anilines is 1. The van der Waals surface area contributed by atoms with Crippen LogP contribution in [0.2, 0.25) is 0 Å². The fraction of sp³-hybridized carbons (Fsp3) is 0.538. The molecule has 0 saturated heterocycles. The Morgan fingerprint density at radius 3 is 2.20 bits per heavy atom. The van der Waals surface area contributed by atoms with Crippen LogP contribution in [-0.4, -0.2) is 12.6 Å². The highest BCUT2D eigenvalue weighted by atomic mass is 35.5. The second-order valence-electron chi connectivity index (χ2n) is 4.09. The van der Waals surface area contributed by atoms with Gasteiger partial charge in [-0.2, -0.15) is 0 Å². The van der Waals surface area contributed by atoms with E-state index < -0.39 is 0 Å². The molecule has 15 heavy (non-hydrogen) atoms. The summed E-state index contributed by atoms with van der Waals surface area (Å²) in [6.45, 7) is 7.77. The Labute approximate surface area is 98.0 Å². The van der Waals surface area contributed by atoms with Gasteiger partial charge in [-0.3, -0.25) is 0 Å². The zero-order chi connectivity index (χ0) is 11.3. The first-order valence-corrected chi connectivity index (χ1v) is 6.14. The molecule has 0 N–H and O–H groups in total. The third-order valence-corrected chi connectivity index (χ3v) is 2.82. The Morgan fingerprint density at radius 2 is 1.80 bits per heavy atom. The van der Waals surface area contributed by atoms with E-state index in [1.54, 1.807) is 0 Å². The number of hydrogen-bond donors (Lipinski definition) is 0. The van der Waals surface area contributed by atoms with Gasteiger partial charge >= 0.3 is 0 Å². The van der Waals surface area contributed by atoms with Gasteiger partial charge in [0.05, 0.1) is 0 Å². The molecule has 0 unspecified atom stereocenters. The number of benzene rings is 1.